The highest BCUT2D eigenvalue weighted by molar-refractivity contribution is 5.65. The Labute approximate surface area is 111 Å². The summed E-state index contributed by atoms with van der Waals surface area (Å²) >= 11 is 0. The Balaban J connectivity index is 2.05. The number of carbonyl (C=O) groups is 1. The highest BCUT2D eigenvalue weighted by Crippen LogP contribution is 2.58. The zero-order valence-corrected chi connectivity index (χ0v) is 12.0. The summed E-state index contributed by atoms with van der Waals surface area (Å²) in [7, 11) is 0. The lowest BCUT2D eigenvalue weighted by Gasteiger charge is -2.44. The van der Waals surface area contributed by atoms with Crippen LogP contribution in [0, 0.1) is 23.2 Å². The molecular weight excluding hydrogens is 224 g/mol. The van der Waals surface area contributed by atoms with Gasteiger partial charge in [-0.05, 0) is 55.3 Å². The molecule has 0 saturated heterocycles. The van der Waals surface area contributed by atoms with E-state index in [1.54, 1.807) is 0 Å². The van der Waals surface area contributed by atoms with Crippen molar-refractivity contribution in [3.8, 4) is 0 Å². The zero-order valence-electron chi connectivity index (χ0n) is 12.0. The molecule has 18 heavy (non-hydrogen) atoms. The lowest BCUT2D eigenvalue weighted by atomic mass is 9.61. The standard InChI is InChI=1S/C16H26O2/c1-11-6-5-9-16(4)14(11)7-8-15(16)12(2)10-18-13(3)17/h12,14-15H,1,5-10H2,2-4H3/t12-,14?,15-,16+/m1/s1. The number of carbonyl (C=O) groups excluding carboxylic acids is 1. The van der Waals surface area contributed by atoms with E-state index in [1.165, 1.54) is 44.6 Å². The van der Waals surface area contributed by atoms with Gasteiger partial charge >= 0.3 is 5.97 Å². The molecule has 1 unspecified atom stereocenters. The van der Waals surface area contributed by atoms with Crippen molar-refractivity contribution in [2.24, 2.45) is 23.2 Å². The van der Waals surface area contributed by atoms with Gasteiger partial charge in [0.1, 0.15) is 0 Å². The molecule has 0 bridgehead atoms. The molecule has 0 amide bonds. The van der Waals surface area contributed by atoms with E-state index in [1.807, 2.05) is 0 Å². The first-order chi connectivity index (χ1) is 8.45. The number of allylic oxidation sites excluding steroid dienone is 1. The summed E-state index contributed by atoms with van der Waals surface area (Å²) in [5.74, 6) is 1.69. The van der Waals surface area contributed by atoms with Crippen LogP contribution in [0.1, 0.15) is 52.9 Å². The summed E-state index contributed by atoms with van der Waals surface area (Å²) in [4.78, 5) is 10.9. The monoisotopic (exact) mass is 250 g/mol. The van der Waals surface area contributed by atoms with Crippen LogP contribution >= 0.6 is 0 Å². The van der Waals surface area contributed by atoms with Gasteiger partial charge in [0.25, 0.3) is 0 Å². The lowest BCUT2D eigenvalue weighted by molar-refractivity contribution is -0.143. The first-order valence-electron chi connectivity index (χ1n) is 7.26. The molecule has 2 aliphatic carbocycles. The summed E-state index contributed by atoms with van der Waals surface area (Å²) in [5.41, 5.74) is 1.86. The summed E-state index contributed by atoms with van der Waals surface area (Å²) in [6.45, 7) is 11.0. The van der Waals surface area contributed by atoms with Crippen LogP contribution < -0.4 is 0 Å². The average molecular weight is 250 g/mol. The SMILES string of the molecule is C=C1CCC[C@@]2(C)C1CC[C@@H]2[C@H](C)COC(C)=O. The van der Waals surface area contributed by atoms with Crippen LogP contribution in [-0.2, 0) is 9.53 Å². The Kier molecular flexibility index (Phi) is 3.84. The highest BCUT2D eigenvalue weighted by atomic mass is 16.5. The molecule has 0 radical (unpaired) electrons. The number of fused-ring (bicyclic) bond motifs is 1. The van der Waals surface area contributed by atoms with Gasteiger partial charge in [0.2, 0.25) is 0 Å². The maximum absolute atomic E-state index is 10.9. The molecule has 102 valence electrons. The molecular formula is C16H26O2. The molecule has 4 atom stereocenters. The van der Waals surface area contributed by atoms with Crippen molar-refractivity contribution in [2.75, 3.05) is 6.61 Å². The molecule has 2 heteroatoms. The minimum Gasteiger partial charge on any atom is -0.466 e. The van der Waals surface area contributed by atoms with Crippen molar-refractivity contribution < 1.29 is 9.53 Å². The third kappa shape index (κ3) is 2.34. The fourth-order valence-electron chi connectivity index (χ4n) is 4.46. The molecule has 2 saturated carbocycles. The molecule has 2 fully saturated rings. The van der Waals surface area contributed by atoms with Crippen LogP contribution in [0.2, 0.25) is 0 Å². The van der Waals surface area contributed by atoms with Crippen LogP contribution in [-0.4, -0.2) is 12.6 Å². The van der Waals surface area contributed by atoms with Crippen molar-refractivity contribution in [3.05, 3.63) is 12.2 Å². The van der Waals surface area contributed by atoms with Gasteiger partial charge in [-0.25, -0.2) is 0 Å². The van der Waals surface area contributed by atoms with Crippen LogP contribution in [0.15, 0.2) is 12.2 Å². The largest absolute Gasteiger partial charge is 0.466 e. The van der Waals surface area contributed by atoms with E-state index in [4.69, 9.17) is 4.74 Å². The number of ether oxygens (including phenoxy) is 1. The molecule has 2 nitrogen and oxygen atoms in total. The maximum Gasteiger partial charge on any atom is 0.302 e. The summed E-state index contributed by atoms with van der Waals surface area (Å²) in [5, 5.41) is 0. The molecule has 0 heterocycles. The molecule has 0 spiro atoms. The lowest BCUT2D eigenvalue weighted by Crippen LogP contribution is -2.37. The van der Waals surface area contributed by atoms with E-state index < -0.39 is 0 Å². The van der Waals surface area contributed by atoms with E-state index in [0.29, 0.717) is 29.8 Å². The fourth-order valence-corrected chi connectivity index (χ4v) is 4.46. The summed E-state index contributed by atoms with van der Waals surface area (Å²) in [6.07, 6.45) is 6.35. The van der Waals surface area contributed by atoms with E-state index in [0.717, 1.165) is 0 Å². The maximum atomic E-state index is 10.9. The van der Waals surface area contributed by atoms with Crippen molar-refractivity contribution in [1.29, 1.82) is 0 Å². The molecule has 0 aliphatic heterocycles. The Morgan fingerprint density at radius 2 is 2.28 bits per heavy atom. The number of esters is 1. The van der Waals surface area contributed by atoms with Crippen molar-refractivity contribution >= 4 is 5.97 Å². The first kappa shape index (κ1) is 13.6. The predicted molar refractivity (Wildman–Crippen MR) is 73.1 cm³/mol. The predicted octanol–water partition coefficient (Wildman–Crippen LogP) is 3.96. The molecule has 2 rings (SSSR count). The molecule has 0 aromatic rings. The number of hydrogen-bond acceptors (Lipinski definition) is 2. The van der Waals surface area contributed by atoms with Crippen LogP contribution in [0.4, 0.5) is 0 Å². The van der Waals surface area contributed by atoms with Gasteiger partial charge in [0, 0.05) is 6.92 Å². The molecule has 0 aromatic heterocycles. The summed E-state index contributed by atoms with van der Waals surface area (Å²) < 4.78 is 5.21. The van der Waals surface area contributed by atoms with E-state index in [9.17, 15) is 4.79 Å². The third-order valence-corrected chi connectivity index (χ3v) is 5.35. The molecule has 0 N–H and O–H groups in total. The average Bonchev–Trinajstić information content (AvgIpc) is 2.64. The van der Waals surface area contributed by atoms with Gasteiger partial charge in [-0.1, -0.05) is 26.0 Å². The molecule has 2 aliphatic rings. The topological polar surface area (TPSA) is 26.3 Å². The Bertz CT molecular complexity index is 347. The first-order valence-corrected chi connectivity index (χ1v) is 7.26. The van der Waals surface area contributed by atoms with Crippen LogP contribution in [0.5, 0.6) is 0 Å². The minimum absolute atomic E-state index is 0.158. The third-order valence-electron chi connectivity index (χ3n) is 5.35. The summed E-state index contributed by atoms with van der Waals surface area (Å²) in [6, 6.07) is 0. The molecule has 0 aromatic carbocycles. The Hall–Kier alpha value is -0.790. The Morgan fingerprint density at radius 3 is 2.94 bits per heavy atom. The smallest absolute Gasteiger partial charge is 0.302 e. The van der Waals surface area contributed by atoms with Crippen molar-refractivity contribution in [2.45, 2.75) is 52.9 Å². The van der Waals surface area contributed by atoms with Gasteiger partial charge in [-0.2, -0.15) is 0 Å². The van der Waals surface area contributed by atoms with Crippen LogP contribution in [0.3, 0.4) is 0 Å². The second-order valence-electron chi connectivity index (χ2n) is 6.53. The highest BCUT2D eigenvalue weighted by Gasteiger charge is 2.50. The zero-order chi connectivity index (χ0) is 13.3. The van der Waals surface area contributed by atoms with E-state index in [-0.39, 0.29) is 5.97 Å². The Morgan fingerprint density at radius 1 is 1.56 bits per heavy atom. The van der Waals surface area contributed by atoms with Crippen molar-refractivity contribution in [1.82, 2.24) is 0 Å². The van der Waals surface area contributed by atoms with Gasteiger partial charge in [-0.3, -0.25) is 4.79 Å². The fraction of sp³-hybridized carbons (Fsp3) is 0.812. The van der Waals surface area contributed by atoms with Crippen LogP contribution in [0.25, 0.3) is 0 Å². The second-order valence-corrected chi connectivity index (χ2v) is 6.53. The normalized spacial score (nSPS) is 37.2. The van der Waals surface area contributed by atoms with Gasteiger partial charge in [-0.15, -0.1) is 0 Å². The van der Waals surface area contributed by atoms with Gasteiger partial charge in [0.05, 0.1) is 6.61 Å². The van der Waals surface area contributed by atoms with Gasteiger partial charge < -0.3 is 4.74 Å². The van der Waals surface area contributed by atoms with E-state index in [2.05, 4.69) is 20.4 Å². The number of rotatable bonds is 3. The quantitative estimate of drug-likeness (QED) is 0.560. The van der Waals surface area contributed by atoms with E-state index >= 15 is 0 Å². The van der Waals surface area contributed by atoms with Gasteiger partial charge in [0.15, 0.2) is 0 Å². The van der Waals surface area contributed by atoms with Crippen molar-refractivity contribution in [3.63, 3.8) is 0 Å². The second kappa shape index (κ2) is 5.07. The number of hydrogen-bond donors (Lipinski definition) is 0. The minimum atomic E-state index is -0.158.